The summed E-state index contributed by atoms with van der Waals surface area (Å²) in [6.45, 7) is 5.51. The van der Waals surface area contributed by atoms with Crippen LogP contribution in [0.1, 0.15) is 11.7 Å². The number of piperazine rings is 1. The number of nitrogens with zero attached hydrogens (tertiary/aromatic N) is 4. The topological polar surface area (TPSA) is 97.7 Å². The quantitative estimate of drug-likeness (QED) is 0.739. The smallest absolute Gasteiger partial charge is 0.241 e. The number of hydrogen-bond donors (Lipinski definition) is 1. The Morgan fingerprint density at radius 2 is 2.15 bits per heavy atom. The maximum Gasteiger partial charge on any atom is 0.241 e. The molecular formula is C12H21N5O3. The summed E-state index contributed by atoms with van der Waals surface area (Å²) in [6.07, 6.45) is 0. The highest BCUT2D eigenvalue weighted by molar-refractivity contribution is 5.81. The average molecular weight is 283 g/mol. The van der Waals surface area contributed by atoms with Gasteiger partial charge in [-0.2, -0.15) is 4.98 Å². The van der Waals surface area contributed by atoms with Gasteiger partial charge in [0.2, 0.25) is 11.8 Å². The Kier molecular flexibility index (Phi) is 5.05. The van der Waals surface area contributed by atoms with E-state index in [0.29, 0.717) is 31.3 Å². The highest BCUT2D eigenvalue weighted by atomic mass is 16.5. The van der Waals surface area contributed by atoms with Crippen LogP contribution < -0.4 is 5.73 Å². The molecule has 1 unspecified atom stereocenters. The molecule has 2 heterocycles. The number of rotatable bonds is 5. The fraction of sp³-hybridized carbons (Fsp3) is 0.750. The lowest BCUT2D eigenvalue weighted by molar-refractivity contribution is -0.135. The molecule has 1 saturated heterocycles. The molecule has 0 bridgehead atoms. The number of aromatic nitrogens is 2. The van der Waals surface area contributed by atoms with Gasteiger partial charge in [-0.15, -0.1) is 0 Å². The molecule has 1 aromatic rings. The van der Waals surface area contributed by atoms with Gasteiger partial charge in [0.1, 0.15) is 6.04 Å². The number of carbonyl (C=O) groups excluding carboxylic acids is 1. The second kappa shape index (κ2) is 6.78. The van der Waals surface area contributed by atoms with Crippen LogP contribution in [-0.4, -0.2) is 71.8 Å². The second-order valence-corrected chi connectivity index (χ2v) is 4.90. The van der Waals surface area contributed by atoms with Crippen molar-refractivity contribution in [2.45, 2.75) is 19.5 Å². The molecule has 20 heavy (non-hydrogen) atoms. The third-order valence-corrected chi connectivity index (χ3v) is 3.28. The first-order valence-corrected chi connectivity index (χ1v) is 6.65. The molecule has 1 atom stereocenters. The molecule has 2 N–H and O–H groups in total. The van der Waals surface area contributed by atoms with Crippen molar-refractivity contribution in [1.82, 2.24) is 19.9 Å². The summed E-state index contributed by atoms with van der Waals surface area (Å²) in [5.41, 5.74) is 5.76. The first-order valence-electron chi connectivity index (χ1n) is 6.65. The standard InChI is InChI=1S/C12H21N5O3/c1-9-14-11(20-15-9)7-16-3-5-17(6-4-16)12(18)10(13)8-19-2/h10H,3-8,13H2,1-2H3. The Balaban J connectivity index is 1.78. The first-order chi connectivity index (χ1) is 9.60. The van der Waals surface area contributed by atoms with Crippen molar-refractivity contribution in [1.29, 1.82) is 0 Å². The number of methoxy groups -OCH3 is 1. The Morgan fingerprint density at radius 3 is 2.70 bits per heavy atom. The zero-order valence-corrected chi connectivity index (χ0v) is 11.9. The van der Waals surface area contributed by atoms with Gasteiger partial charge in [-0.3, -0.25) is 9.69 Å². The lowest BCUT2D eigenvalue weighted by Crippen LogP contribution is -2.53. The molecule has 0 aliphatic carbocycles. The van der Waals surface area contributed by atoms with E-state index in [9.17, 15) is 4.79 Å². The van der Waals surface area contributed by atoms with Crippen molar-refractivity contribution in [3.8, 4) is 0 Å². The average Bonchev–Trinajstić information content (AvgIpc) is 2.84. The van der Waals surface area contributed by atoms with Gasteiger partial charge < -0.3 is 19.9 Å². The summed E-state index contributed by atoms with van der Waals surface area (Å²) >= 11 is 0. The zero-order chi connectivity index (χ0) is 14.5. The predicted octanol–water partition coefficient (Wildman–Crippen LogP) is -1.00. The van der Waals surface area contributed by atoms with Crippen LogP contribution in [0.15, 0.2) is 4.52 Å². The molecule has 0 radical (unpaired) electrons. The van der Waals surface area contributed by atoms with Gasteiger partial charge in [0.25, 0.3) is 0 Å². The summed E-state index contributed by atoms with van der Waals surface area (Å²) < 4.78 is 10.00. The molecule has 8 nitrogen and oxygen atoms in total. The minimum Gasteiger partial charge on any atom is -0.383 e. The van der Waals surface area contributed by atoms with Gasteiger partial charge in [-0.1, -0.05) is 5.16 Å². The number of aryl methyl sites for hydroxylation is 1. The Hall–Kier alpha value is -1.51. The van der Waals surface area contributed by atoms with Crippen LogP contribution in [0.4, 0.5) is 0 Å². The highest BCUT2D eigenvalue weighted by Gasteiger charge is 2.25. The van der Waals surface area contributed by atoms with Gasteiger partial charge in [0.05, 0.1) is 13.2 Å². The van der Waals surface area contributed by atoms with Crippen LogP contribution >= 0.6 is 0 Å². The summed E-state index contributed by atoms with van der Waals surface area (Å²) in [5, 5.41) is 3.76. The van der Waals surface area contributed by atoms with Crippen molar-refractivity contribution in [2.24, 2.45) is 5.73 Å². The molecule has 8 heteroatoms. The van der Waals surface area contributed by atoms with E-state index in [0.717, 1.165) is 13.1 Å². The van der Waals surface area contributed by atoms with Crippen LogP contribution in [0, 0.1) is 6.92 Å². The van der Waals surface area contributed by atoms with Gasteiger partial charge in [-0.05, 0) is 6.92 Å². The number of ether oxygens (including phenoxy) is 1. The molecule has 2 rings (SSSR count). The number of carbonyl (C=O) groups is 1. The Labute approximate surface area is 117 Å². The number of nitrogens with two attached hydrogens (primary N) is 1. The van der Waals surface area contributed by atoms with E-state index in [1.807, 2.05) is 0 Å². The molecule has 112 valence electrons. The lowest BCUT2D eigenvalue weighted by atomic mass is 10.2. The highest BCUT2D eigenvalue weighted by Crippen LogP contribution is 2.08. The summed E-state index contributed by atoms with van der Waals surface area (Å²) in [5.74, 6) is 1.19. The van der Waals surface area contributed by atoms with Gasteiger partial charge in [0, 0.05) is 33.3 Å². The van der Waals surface area contributed by atoms with E-state index in [1.54, 1.807) is 11.8 Å². The van der Waals surface area contributed by atoms with Gasteiger partial charge >= 0.3 is 0 Å². The van der Waals surface area contributed by atoms with E-state index in [2.05, 4.69) is 15.0 Å². The summed E-state index contributed by atoms with van der Waals surface area (Å²) in [4.78, 5) is 20.1. The lowest BCUT2D eigenvalue weighted by Gasteiger charge is -2.35. The van der Waals surface area contributed by atoms with Crippen LogP contribution in [0.5, 0.6) is 0 Å². The molecule has 0 spiro atoms. The third-order valence-electron chi connectivity index (χ3n) is 3.28. The van der Waals surface area contributed by atoms with Crippen molar-refractivity contribution < 1.29 is 14.1 Å². The number of hydrogen-bond acceptors (Lipinski definition) is 7. The minimum atomic E-state index is -0.579. The Bertz CT molecular complexity index is 442. The fourth-order valence-electron chi connectivity index (χ4n) is 2.21. The predicted molar refractivity (Wildman–Crippen MR) is 70.7 cm³/mol. The van der Waals surface area contributed by atoms with Gasteiger partial charge in [-0.25, -0.2) is 0 Å². The van der Waals surface area contributed by atoms with Crippen LogP contribution in [0.3, 0.4) is 0 Å². The first kappa shape index (κ1) is 14.9. The maximum atomic E-state index is 12.0. The Morgan fingerprint density at radius 1 is 1.45 bits per heavy atom. The minimum absolute atomic E-state index is 0.0554. The SMILES string of the molecule is COCC(N)C(=O)N1CCN(Cc2nc(C)no2)CC1. The largest absolute Gasteiger partial charge is 0.383 e. The molecular weight excluding hydrogens is 262 g/mol. The molecule has 0 aromatic carbocycles. The molecule has 1 amide bonds. The van der Waals surface area contributed by atoms with Crippen molar-refractivity contribution >= 4 is 5.91 Å². The molecule has 0 saturated carbocycles. The molecule has 1 aliphatic rings. The summed E-state index contributed by atoms with van der Waals surface area (Å²) in [7, 11) is 1.54. The van der Waals surface area contributed by atoms with Crippen molar-refractivity contribution in [2.75, 3.05) is 39.9 Å². The normalized spacial score (nSPS) is 18.2. The van der Waals surface area contributed by atoms with Crippen LogP contribution in [0.2, 0.25) is 0 Å². The van der Waals surface area contributed by atoms with E-state index in [4.69, 9.17) is 15.0 Å². The monoisotopic (exact) mass is 283 g/mol. The van der Waals surface area contributed by atoms with Gasteiger partial charge in [0.15, 0.2) is 5.82 Å². The second-order valence-electron chi connectivity index (χ2n) is 4.90. The van der Waals surface area contributed by atoms with Crippen molar-refractivity contribution in [3.63, 3.8) is 0 Å². The fourth-order valence-corrected chi connectivity index (χ4v) is 2.21. The van der Waals surface area contributed by atoms with E-state index >= 15 is 0 Å². The van der Waals surface area contributed by atoms with E-state index in [1.165, 1.54) is 7.11 Å². The number of amides is 1. The maximum absolute atomic E-state index is 12.0. The van der Waals surface area contributed by atoms with Crippen molar-refractivity contribution in [3.05, 3.63) is 11.7 Å². The van der Waals surface area contributed by atoms with E-state index < -0.39 is 6.04 Å². The van der Waals surface area contributed by atoms with E-state index in [-0.39, 0.29) is 12.5 Å². The van der Waals surface area contributed by atoms with Crippen LogP contribution in [-0.2, 0) is 16.1 Å². The van der Waals surface area contributed by atoms with Crippen LogP contribution in [0.25, 0.3) is 0 Å². The molecule has 1 aliphatic heterocycles. The zero-order valence-electron chi connectivity index (χ0n) is 11.9. The third kappa shape index (κ3) is 3.75. The molecule has 1 aromatic heterocycles. The molecule has 1 fully saturated rings. The summed E-state index contributed by atoms with van der Waals surface area (Å²) in [6, 6.07) is -0.579.